The highest BCUT2D eigenvalue weighted by Gasteiger charge is 2.33. The van der Waals surface area contributed by atoms with Gasteiger partial charge < -0.3 is 15.0 Å². The minimum Gasteiger partial charge on any atom is -0.454 e. The lowest BCUT2D eigenvalue weighted by atomic mass is 10.2. The molecular formula is C20H23ClN2O4S. The van der Waals surface area contributed by atoms with Crippen LogP contribution in [0.5, 0.6) is 11.5 Å². The number of nitrogens with zero attached hydrogens (tertiary/aromatic N) is 1. The minimum absolute atomic E-state index is 0.0405. The Labute approximate surface area is 170 Å². The number of anilines is 1. The number of ether oxygens (including phenoxy) is 1. The highest BCUT2D eigenvalue weighted by atomic mass is 35.5. The molecule has 0 aromatic heterocycles. The number of halogens is 1. The van der Waals surface area contributed by atoms with Crippen LogP contribution in [0.25, 0.3) is 0 Å². The van der Waals surface area contributed by atoms with Gasteiger partial charge in [-0.05, 0) is 37.6 Å². The van der Waals surface area contributed by atoms with Gasteiger partial charge in [0.1, 0.15) is 5.75 Å². The van der Waals surface area contributed by atoms with Gasteiger partial charge in [0.25, 0.3) is 0 Å². The molecule has 1 amide bonds. The summed E-state index contributed by atoms with van der Waals surface area (Å²) in [6.07, 6.45) is 0.494. The Bertz CT molecular complexity index is 949. The lowest BCUT2D eigenvalue weighted by molar-refractivity contribution is -0.130. The third kappa shape index (κ3) is 4.97. The van der Waals surface area contributed by atoms with E-state index < -0.39 is 9.84 Å². The van der Waals surface area contributed by atoms with Crippen molar-refractivity contribution in [3.63, 3.8) is 0 Å². The monoisotopic (exact) mass is 422 g/mol. The van der Waals surface area contributed by atoms with Crippen molar-refractivity contribution >= 4 is 33.0 Å². The molecule has 1 atom stereocenters. The number of amides is 1. The van der Waals surface area contributed by atoms with Crippen LogP contribution in [0.15, 0.2) is 48.5 Å². The second kappa shape index (κ2) is 8.84. The molecule has 1 aliphatic rings. The summed E-state index contributed by atoms with van der Waals surface area (Å²) in [5.74, 6) is 1.12. The van der Waals surface area contributed by atoms with Crippen molar-refractivity contribution in [2.45, 2.75) is 19.4 Å². The number of carbonyl (C=O) groups is 1. The quantitative estimate of drug-likeness (QED) is 0.738. The van der Waals surface area contributed by atoms with Gasteiger partial charge in [-0.15, -0.1) is 0 Å². The van der Waals surface area contributed by atoms with E-state index in [9.17, 15) is 13.2 Å². The first-order valence-corrected chi connectivity index (χ1v) is 11.3. The van der Waals surface area contributed by atoms with Crippen LogP contribution in [-0.2, 0) is 14.6 Å². The number of nitrogens with one attached hydrogen (secondary N) is 1. The fourth-order valence-corrected chi connectivity index (χ4v) is 5.18. The first-order valence-electron chi connectivity index (χ1n) is 9.15. The summed E-state index contributed by atoms with van der Waals surface area (Å²) < 4.78 is 29.3. The molecule has 1 saturated heterocycles. The number of hydrogen-bond donors (Lipinski definition) is 1. The minimum atomic E-state index is -3.04. The molecule has 1 heterocycles. The lowest BCUT2D eigenvalue weighted by Gasteiger charge is -2.27. The van der Waals surface area contributed by atoms with Crippen LogP contribution in [0.4, 0.5) is 5.69 Å². The van der Waals surface area contributed by atoms with E-state index in [0.29, 0.717) is 35.2 Å². The molecule has 2 aromatic rings. The second-order valence-corrected chi connectivity index (χ2v) is 9.25. The number of likely N-dealkylation sites (N-methyl/N-ethyl adjacent to an activating group) is 1. The van der Waals surface area contributed by atoms with Gasteiger partial charge in [-0.3, -0.25) is 4.79 Å². The number of sulfone groups is 1. The molecule has 1 fully saturated rings. The molecule has 28 heavy (non-hydrogen) atoms. The Hall–Kier alpha value is -2.25. The van der Waals surface area contributed by atoms with Crippen LogP contribution in [0, 0.1) is 0 Å². The zero-order valence-corrected chi connectivity index (χ0v) is 17.2. The molecule has 3 rings (SSSR count). The summed E-state index contributed by atoms with van der Waals surface area (Å²) in [6, 6.07) is 14.2. The smallest absolute Gasteiger partial charge is 0.242 e. The maximum atomic E-state index is 12.7. The van der Waals surface area contributed by atoms with Gasteiger partial charge in [0.05, 0.1) is 28.8 Å². The van der Waals surface area contributed by atoms with E-state index in [1.54, 1.807) is 23.1 Å². The molecule has 150 valence electrons. The summed E-state index contributed by atoms with van der Waals surface area (Å²) in [4.78, 5) is 14.3. The molecule has 0 aliphatic carbocycles. The highest BCUT2D eigenvalue weighted by molar-refractivity contribution is 7.91. The number of benzene rings is 2. The van der Waals surface area contributed by atoms with Crippen molar-refractivity contribution in [3.8, 4) is 11.5 Å². The van der Waals surface area contributed by atoms with Crippen LogP contribution in [0.2, 0.25) is 5.02 Å². The van der Waals surface area contributed by atoms with Gasteiger partial charge in [0.2, 0.25) is 5.91 Å². The van der Waals surface area contributed by atoms with Gasteiger partial charge in [0, 0.05) is 12.6 Å². The predicted molar refractivity (Wildman–Crippen MR) is 111 cm³/mol. The van der Waals surface area contributed by atoms with E-state index in [1.807, 2.05) is 37.3 Å². The third-order valence-corrected chi connectivity index (χ3v) is 6.75. The fraction of sp³-hybridized carbons (Fsp3) is 0.350. The van der Waals surface area contributed by atoms with Crippen LogP contribution >= 0.6 is 11.6 Å². The average Bonchev–Trinajstić information content (AvgIpc) is 3.03. The predicted octanol–water partition coefficient (Wildman–Crippen LogP) is 3.58. The van der Waals surface area contributed by atoms with Crippen molar-refractivity contribution in [2.24, 2.45) is 0 Å². The molecule has 6 nitrogen and oxygen atoms in total. The topological polar surface area (TPSA) is 75.7 Å². The molecule has 1 aliphatic heterocycles. The average molecular weight is 423 g/mol. The highest BCUT2D eigenvalue weighted by Crippen LogP contribution is 2.33. The maximum Gasteiger partial charge on any atom is 0.242 e. The van der Waals surface area contributed by atoms with Gasteiger partial charge in [0.15, 0.2) is 15.6 Å². The lowest BCUT2D eigenvalue weighted by Crippen LogP contribution is -2.43. The van der Waals surface area contributed by atoms with Crippen LogP contribution in [-0.4, -0.2) is 49.9 Å². The maximum absolute atomic E-state index is 12.7. The van der Waals surface area contributed by atoms with Crippen molar-refractivity contribution in [1.29, 1.82) is 0 Å². The van der Waals surface area contributed by atoms with Gasteiger partial charge in [-0.1, -0.05) is 35.9 Å². The Morgan fingerprint density at radius 2 is 1.86 bits per heavy atom. The number of rotatable bonds is 7. The zero-order valence-electron chi connectivity index (χ0n) is 15.6. The van der Waals surface area contributed by atoms with Crippen molar-refractivity contribution in [1.82, 2.24) is 4.90 Å². The Morgan fingerprint density at radius 3 is 2.50 bits per heavy atom. The van der Waals surface area contributed by atoms with Gasteiger partial charge in [-0.2, -0.15) is 0 Å². The summed E-state index contributed by atoms with van der Waals surface area (Å²) in [6.45, 7) is 2.38. The fourth-order valence-electron chi connectivity index (χ4n) is 3.28. The van der Waals surface area contributed by atoms with Crippen LogP contribution in [0.3, 0.4) is 0 Å². The molecule has 2 aromatic carbocycles. The third-order valence-electron chi connectivity index (χ3n) is 4.68. The van der Waals surface area contributed by atoms with E-state index in [0.717, 1.165) is 0 Å². The molecule has 0 radical (unpaired) electrons. The summed E-state index contributed by atoms with van der Waals surface area (Å²) in [5, 5.41) is 3.60. The zero-order chi connectivity index (χ0) is 20.1. The van der Waals surface area contributed by atoms with Crippen LogP contribution < -0.4 is 10.1 Å². The molecule has 1 N–H and O–H groups in total. The SMILES string of the molecule is CCN(C(=O)CNc1ccccc1Oc1ccccc1Cl)C1CCS(=O)(=O)C1. The van der Waals surface area contributed by atoms with E-state index in [1.165, 1.54) is 0 Å². The van der Waals surface area contributed by atoms with Gasteiger partial charge in [-0.25, -0.2) is 8.42 Å². The van der Waals surface area contributed by atoms with Crippen molar-refractivity contribution < 1.29 is 17.9 Å². The molecule has 1 unspecified atom stereocenters. The standard InChI is InChI=1S/C20H23ClN2O4S/c1-2-23(15-11-12-28(25,26)14-15)20(24)13-22-17-8-4-6-10-19(17)27-18-9-5-3-7-16(18)21/h3-10,15,22H,2,11-14H2,1H3. The molecule has 0 spiro atoms. The number of para-hydroxylation sites is 3. The largest absolute Gasteiger partial charge is 0.454 e. The molecule has 0 saturated carbocycles. The Morgan fingerprint density at radius 1 is 1.18 bits per heavy atom. The summed E-state index contributed by atoms with van der Waals surface area (Å²) in [5.41, 5.74) is 0.658. The van der Waals surface area contributed by atoms with E-state index >= 15 is 0 Å². The first kappa shape index (κ1) is 20.5. The second-order valence-electron chi connectivity index (χ2n) is 6.62. The Balaban J connectivity index is 1.67. The van der Waals surface area contributed by atoms with Gasteiger partial charge >= 0.3 is 0 Å². The Kier molecular flexibility index (Phi) is 6.46. The normalized spacial score (nSPS) is 17.9. The number of hydrogen-bond acceptors (Lipinski definition) is 5. The van der Waals surface area contributed by atoms with E-state index in [4.69, 9.17) is 16.3 Å². The molecular weight excluding hydrogens is 400 g/mol. The summed E-state index contributed by atoms with van der Waals surface area (Å²) >= 11 is 6.15. The van der Waals surface area contributed by atoms with E-state index in [2.05, 4.69) is 5.32 Å². The first-order chi connectivity index (χ1) is 13.4. The van der Waals surface area contributed by atoms with E-state index in [-0.39, 0.29) is 30.0 Å². The van der Waals surface area contributed by atoms with Crippen molar-refractivity contribution in [3.05, 3.63) is 53.6 Å². The number of carbonyl (C=O) groups excluding carboxylic acids is 1. The summed E-state index contributed by atoms with van der Waals surface area (Å²) in [7, 11) is -3.04. The molecule has 8 heteroatoms. The van der Waals surface area contributed by atoms with Crippen LogP contribution in [0.1, 0.15) is 13.3 Å². The van der Waals surface area contributed by atoms with Crippen molar-refractivity contribution in [2.75, 3.05) is 29.9 Å². The molecule has 0 bridgehead atoms.